The maximum Gasteiger partial charge on any atom is 0.288 e. The van der Waals surface area contributed by atoms with E-state index >= 15 is 0 Å². The van der Waals surface area contributed by atoms with E-state index in [-0.39, 0.29) is 0 Å². The highest BCUT2D eigenvalue weighted by Gasteiger charge is 2.12. The molecule has 0 heterocycles. The Hall–Kier alpha value is -2.44. The molecular weight excluding hydrogens is 406 g/mol. The number of rotatable bonds is 8. The maximum absolute atomic E-state index is 12.5. The van der Waals surface area contributed by atoms with E-state index in [1.807, 2.05) is 36.4 Å². The van der Waals surface area contributed by atoms with Crippen LogP contribution >= 0.6 is 24.0 Å². The van der Waals surface area contributed by atoms with Crippen molar-refractivity contribution in [1.29, 1.82) is 0 Å². The fraction of sp³-hybridized carbons (Fsp3) is 0.174. The van der Waals surface area contributed by atoms with Crippen LogP contribution in [0.3, 0.4) is 0 Å². The summed E-state index contributed by atoms with van der Waals surface area (Å²) in [5.41, 5.74) is 3.21. The summed E-state index contributed by atoms with van der Waals surface area (Å²) in [5, 5.41) is 3.85. The van der Waals surface area contributed by atoms with E-state index in [0.717, 1.165) is 18.7 Å². The van der Waals surface area contributed by atoms with Gasteiger partial charge in [0.2, 0.25) is 0 Å². The molecule has 3 rings (SSSR count). The zero-order valence-corrected chi connectivity index (χ0v) is 17.4. The largest absolute Gasteiger partial charge is 0.344 e. The lowest BCUT2D eigenvalue weighted by Gasteiger charge is -2.26. The van der Waals surface area contributed by atoms with E-state index in [1.54, 1.807) is 24.3 Å². The number of nitrogens with one attached hydrogen (secondary N) is 1. The van der Waals surface area contributed by atoms with E-state index in [2.05, 4.69) is 34.5 Å². The Labute approximate surface area is 179 Å². The molecule has 0 aliphatic rings. The molecule has 3 aromatic rings. The SMILES string of the molecule is FC(F)Sc1ccc(NC(=S)N(CCc2ccccc2)Cc2ccccc2)cc1. The van der Waals surface area contributed by atoms with Crippen molar-refractivity contribution in [3.63, 3.8) is 0 Å². The standard InChI is InChI=1S/C23H22F2N2S2/c24-22(25)29-21-13-11-20(12-14-21)26-23(28)27(17-19-9-5-2-6-10-19)16-15-18-7-3-1-4-8-18/h1-14,22H,15-17H2,(H,26,28). The number of benzene rings is 3. The maximum atomic E-state index is 12.5. The van der Waals surface area contributed by atoms with Crippen LogP contribution in [0.5, 0.6) is 0 Å². The van der Waals surface area contributed by atoms with Crippen molar-refractivity contribution in [2.24, 2.45) is 0 Å². The number of nitrogens with zero attached hydrogens (tertiary/aromatic N) is 1. The first-order valence-electron chi connectivity index (χ1n) is 9.29. The Morgan fingerprint density at radius 3 is 2.03 bits per heavy atom. The highest BCUT2D eigenvalue weighted by Crippen LogP contribution is 2.26. The molecule has 0 saturated heterocycles. The van der Waals surface area contributed by atoms with E-state index < -0.39 is 5.76 Å². The molecule has 2 nitrogen and oxygen atoms in total. The number of hydrogen-bond donors (Lipinski definition) is 1. The Morgan fingerprint density at radius 2 is 1.45 bits per heavy atom. The van der Waals surface area contributed by atoms with Gasteiger partial charge in [-0.05, 0) is 54.0 Å². The van der Waals surface area contributed by atoms with Crippen LogP contribution in [0.1, 0.15) is 11.1 Å². The third-order valence-corrected chi connectivity index (χ3v) is 5.43. The van der Waals surface area contributed by atoms with Gasteiger partial charge >= 0.3 is 0 Å². The molecule has 3 aromatic carbocycles. The lowest BCUT2D eigenvalue weighted by molar-refractivity contribution is 0.252. The van der Waals surface area contributed by atoms with E-state index in [0.29, 0.717) is 28.3 Å². The Morgan fingerprint density at radius 1 is 0.862 bits per heavy atom. The number of alkyl halides is 2. The molecule has 0 amide bonds. The average Bonchev–Trinajstić information content (AvgIpc) is 2.73. The van der Waals surface area contributed by atoms with Gasteiger partial charge in [0, 0.05) is 23.7 Å². The van der Waals surface area contributed by atoms with Gasteiger partial charge in [-0.25, -0.2) is 0 Å². The highest BCUT2D eigenvalue weighted by molar-refractivity contribution is 7.99. The zero-order chi connectivity index (χ0) is 20.5. The van der Waals surface area contributed by atoms with Crippen molar-refractivity contribution in [2.45, 2.75) is 23.6 Å². The minimum absolute atomic E-state index is 0.529. The summed E-state index contributed by atoms with van der Waals surface area (Å²) in [6.07, 6.45) is 0.874. The number of thiocarbonyl (C=S) groups is 1. The van der Waals surface area contributed by atoms with Crippen LogP contribution < -0.4 is 5.32 Å². The first-order valence-corrected chi connectivity index (χ1v) is 10.6. The van der Waals surface area contributed by atoms with Crippen molar-refractivity contribution >= 4 is 34.8 Å². The van der Waals surface area contributed by atoms with Crippen molar-refractivity contribution < 1.29 is 8.78 Å². The fourth-order valence-corrected chi connectivity index (χ4v) is 3.66. The summed E-state index contributed by atoms with van der Waals surface area (Å²) in [6.45, 7) is 1.46. The van der Waals surface area contributed by atoms with Crippen LogP contribution in [0.2, 0.25) is 0 Å². The molecular formula is C23H22F2N2S2. The first-order chi connectivity index (χ1) is 14.1. The topological polar surface area (TPSA) is 15.3 Å². The van der Waals surface area contributed by atoms with Crippen molar-refractivity contribution in [1.82, 2.24) is 4.90 Å². The Kier molecular flexibility index (Phi) is 8.02. The summed E-state index contributed by atoms with van der Waals surface area (Å²) in [5.74, 6) is -2.42. The smallest absolute Gasteiger partial charge is 0.288 e. The van der Waals surface area contributed by atoms with Gasteiger partial charge in [0.1, 0.15) is 0 Å². The minimum atomic E-state index is -2.42. The monoisotopic (exact) mass is 428 g/mol. The van der Waals surface area contributed by atoms with E-state index in [1.165, 1.54) is 11.1 Å². The molecule has 0 unspecified atom stereocenters. The minimum Gasteiger partial charge on any atom is -0.344 e. The van der Waals surface area contributed by atoms with Crippen LogP contribution in [0, 0.1) is 0 Å². The molecule has 0 saturated carbocycles. The second kappa shape index (κ2) is 10.9. The molecule has 29 heavy (non-hydrogen) atoms. The van der Waals surface area contributed by atoms with Crippen LogP contribution in [-0.2, 0) is 13.0 Å². The zero-order valence-electron chi connectivity index (χ0n) is 15.8. The van der Waals surface area contributed by atoms with Crippen molar-refractivity contribution in [3.05, 3.63) is 96.1 Å². The predicted molar refractivity (Wildman–Crippen MR) is 122 cm³/mol. The molecule has 0 radical (unpaired) electrons. The third-order valence-electron chi connectivity index (χ3n) is 4.35. The van der Waals surface area contributed by atoms with Crippen molar-refractivity contribution in [2.75, 3.05) is 11.9 Å². The van der Waals surface area contributed by atoms with Gasteiger partial charge in [0.15, 0.2) is 5.11 Å². The second-order valence-corrected chi connectivity index (χ2v) is 7.93. The Bertz CT molecular complexity index is 888. The molecule has 1 N–H and O–H groups in total. The molecule has 0 spiro atoms. The van der Waals surface area contributed by atoms with Gasteiger partial charge in [-0.1, -0.05) is 72.4 Å². The van der Waals surface area contributed by atoms with Gasteiger partial charge in [-0.3, -0.25) is 0 Å². The Balaban J connectivity index is 1.67. The van der Waals surface area contributed by atoms with Gasteiger partial charge in [-0.2, -0.15) is 8.78 Å². The van der Waals surface area contributed by atoms with Gasteiger partial charge in [-0.15, -0.1) is 0 Å². The van der Waals surface area contributed by atoms with Crippen LogP contribution in [-0.4, -0.2) is 22.3 Å². The summed E-state index contributed by atoms with van der Waals surface area (Å²) in [4.78, 5) is 2.65. The van der Waals surface area contributed by atoms with Gasteiger partial charge < -0.3 is 10.2 Å². The molecule has 0 aliphatic carbocycles. The van der Waals surface area contributed by atoms with E-state index in [4.69, 9.17) is 12.2 Å². The highest BCUT2D eigenvalue weighted by atomic mass is 32.2. The molecule has 0 aliphatic heterocycles. The molecule has 6 heteroatoms. The van der Waals surface area contributed by atoms with E-state index in [9.17, 15) is 8.78 Å². The summed E-state index contributed by atoms with van der Waals surface area (Å²) in [7, 11) is 0. The molecule has 0 aromatic heterocycles. The number of thioether (sulfide) groups is 1. The van der Waals surface area contributed by atoms with Crippen LogP contribution in [0.15, 0.2) is 89.8 Å². The van der Waals surface area contributed by atoms with Crippen LogP contribution in [0.25, 0.3) is 0 Å². The predicted octanol–water partition coefficient (Wildman–Crippen LogP) is 6.44. The van der Waals surface area contributed by atoms with Crippen molar-refractivity contribution in [3.8, 4) is 0 Å². The molecule has 150 valence electrons. The second-order valence-electron chi connectivity index (χ2n) is 6.48. The molecule has 0 atom stereocenters. The summed E-state index contributed by atoms with van der Waals surface area (Å²) >= 11 is 6.20. The van der Waals surface area contributed by atoms with Crippen LogP contribution in [0.4, 0.5) is 14.5 Å². The first kappa shape index (κ1) is 21.3. The average molecular weight is 429 g/mol. The lowest BCUT2D eigenvalue weighted by atomic mass is 10.1. The summed E-state index contributed by atoms with van der Waals surface area (Å²) < 4.78 is 25.0. The molecule has 0 bridgehead atoms. The molecule has 0 fully saturated rings. The van der Waals surface area contributed by atoms with Gasteiger partial charge in [0.25, 0.3) is 5.76 Å². The fourth-order valence-electron chi connectivity index (χ4n) is 2.89. The lowest BCUT2D eigenvalue weighted by Crippen LogP contribution is -2.35. The quantitative estimate of drug-likeness (QED) is 0.328. The van der Waals surface area contributed by atoms with Gasteiger partial charge in [0.05, 0.1) is 0 Å². The number of halogens is 2. The number of anilines is 1. The normalized spacial score (nSPS) is 10.7. The summed E-state index contributed by atoms with van der Waals surface area (Å²) in [6, 6.07) is 27.4. The third kappa shape index (κ3) is 7.15. The number of hydrogen-bond acceptors (Lipinski definition) is 2.